The lowest BCUT2D eigenvalue weighted by atomic mass is 10.0. The summed E-state index contributed by atoms with van der Waals surface area (Å²) in [4.78, 5) is 11.7. The minimum Gasteiger partial charge on any atom is -0.497 e. The molecule has 0 saturated heterocycles. The van der Waals surface area contributed by atoms with Crippen LogP contribution in [0.1, 0.15) is 0 Å². The van der Waals surface area contributed by atoms with E-state index in [9.17, 15) is 9.18 Å². The Bertz CT molecular complexity index is 899. The monoisotopic (exact) mass is 300 g/mol. The van der Waals surface area contributed by atoms with Crippen molar-refractivity contribution in [3.05, 3.63) is 58.7 Å². The van der Waals surface area contributed by atoms with Crippen LogP contribution < -0.4 is 15.1 Å². The highest BCUT2D eigenvalue weighted by Crippen LogP contribution is 2.32. The Labute approximate surface area is 125 Å². The van der Waals surface area contributed by atoms with Crippen LogP contribution in [-0.4, -0.2) is 14.2 Å². The van der Waals surface area contributed by atoms with E-state index in [0.717, 1.165) is 0 Å². The Hall–Kier alpha value is -2.82. The highest BCUT2D eigenvalue weighted by Gasteiger charge is 2.11. The molecular weight excluding hydrogens is 287 g/mol. The smallest absolute Gasteiger partial charge is 0.336 e. The molecule has 0 aliphatic carbocycles. The summed E-state index contributed by atoms with van der Waals surface area (Å²) in [5.74, 6) is 0.273. The molecule has 0 aliphatic heterocycles. The molecule has 3 rings (SSSR count). The molecule has 5 heteroatoms. The van der Waals surface area contributed by atoms with Gasteiger partial charge in [-0.1, -0.05) is 6.07 Å². The lowest BCUT2D eigenvalue weighted by molar-refractivity contribution is 0.386. The van der Waals surface area contributed by atoms with Crippen molar-refractivity contribution in [3.8, 4) is 22.6 Å². The van der Waals surface area contributed by atoms with Gasteiger partial charge in [-0.05, 0) is 35.9 Å². The second kappa shape index (κ2) is 5.52. The Balaban J connectivity index is 2.29. The SMILES string of the molecule is COc1ccc2oc(=O)cc(-c3ccc(OC)c(F)c3)c2c1. The number of halogens is 1. The summed E-state index contributed by atoms with van der Waals surface area (Å²) in [7, 11) is 2.95. The predicted molar refractivity (Wildman–Crippen MR) is 81.0 cm³/mol. The van der Waals surface area contributed by atoms with Gasteiger partial charge in [-0.25, -0.2) is 9.18 Å². The van der Waals surface area contributed by atoms with E-state index in [1.165, 1.54) is 25.3 Å². The van der Waals surface area contributed by atoms with Crippen LogP contribution in [0.2, 0.25) is 0 Å². The molecule has 2 aromatic carbocycles. The van der Waals surface area contributed by atoms with Gasteiger partial charge in [0.15, 0.2) is 11.6 Å². The Morgan fingerprint density at radius 3 is 2.50 bits per heavy atom. The van der Waals surface area contributed by atoms with Crippen molar-refractivity contribution in [2.75, 3.05) is 14.2 Å². The number of methoxy groups -OCH3 is 2. The number of benzene rings is 2. The summed E-state index contributed by atoms with van der Waals surface area (Å²) in [6.07, 6.45) is 0. The molecule has 0 spiro atoms. The van der Waals surface area contributed by atoms with Crippen LogP contribution in [0, 0.1) is 5.82 Å². The minimum atomic E-state index is -0.496. The number of ether oxygens (including phenoxy) is 2. The third-order valence-electron chi connectivity index (χ3n) is 3.41. The predicted octanol–water partition coefficient (Wildman–Crippen LogP) is 3.62. The van der Waals surface area contributed by atoms with Crippen molar-refractivity contribution >= 4 is 11.0 Å². The molecule has 3 aromatic rings. The van der Waals surface area contributed by atoms with Crippen LogP contribution in [-0.2, 0) is 0 Å². The molecule has 4 nitrogen and oxygen atoms in total. The van der Waals surface area contributed by atoms with Crippen molar-refractivity contribution in [2.24, 2.45) is 0 Å². The molecule has 0 saturated carbocycles. The number of rotatable bonds is 3. The minimum absolute atomic E-state index is 0.147. The van der Waals surface area contributed by atoms with E-state index >= 15 is 0 Å². The van der Waals surface area contributed by atoms with Gasteiger partial charge in [-0.2, -0.15) is 0 Å². The Morgan fingerprint density at radius 1 is 1.00 bits per heavy atom. The van der Waals surface area contributed by atoms with Crippen molar-refractivity contribution < 1.29 is 18.3 Å². The van der Waals surface area contributed by atoms with Gasteiger partial charge in [0.1, 0.15) is 11.3 Å². The van der Waals surface area contributed by atoms with Gasteiger partial charge in [0.05, 0.1) is 14.2 Å². The Morgan fingerprint density at radius 2 is 1.82 bits per heavy atom. The van der Waals surface area contributed by atoms with E-state index in [4.69, 9.17) is 13.9 Å². The molecule has 0 bridgehead atoms. The Kier molecular flexibility index (Phi) is 3.55. The second-order valence-corrected chi connectivity index (χ2v) is 4.69. The zero-order chi connectivity index (χ0) is 15.7. The normalized spacial score (nSPS) is 10.7. The maximum absolute atomic E-state index is 13.9. The van der Waals surface area contributed by atoms with Crippen molar-refractivity contribution in [1.29, 1.82) is 0 Å². The quantitative estimate of drug-likeness (QED) is 0.693. The van der Waals surface area contributed by atoms with Crippen LogP contribution in [0.15, 0.2) is 51.7 Å². The number of hydrogen-bond donors (Lipinski definition) is 0. The third kappa shape index (κ3) is 2.41. The summed E-state index contributed by atoms with van der Waals surface area (Å²) in [6.45, 7) is 0. The highest BCUT2D eigenvalue weighted by atomic mass is 19.1. The third-order valence-corrected chi connectivity index (χ3v) is 3.41. The molecule has 22 heavy (non-hydrogen) atoms. The molecule has 112 valence electrons. The lowest BCUT2D eigenvalue weighted by Gasteiger charge is -2.09. The first-order valence-electron chi connectivity index (χ1n) is 6.58. The highest BCUT2D eigenvalue weighted by molar-refractivity contribution is 5.94. The van der Waals surface area contributed by atoms with Gasteiger partial charge in [0, 0.05) is 17.0 Å². The summed E-state index contributed by atoms with van der Waals surface area (Å²) >= 11 is 0. The van der Waals surface area contributed by atoms with Crippen LogP contribution in [0.5, 0.6) is 11.5 Å². The van der Waals surface area contributed by atoms with E-state index in [-0.39, 0.29) is 5.75 Å². The van der Waals surface area contributed by atoms with E-state index < -0.39 is 11.4 Å². The fraction of sp³-hybridized carbons (Fsp3) is 0.118. The zero-order valence-corrected chi connectivity index (χ0v) is 12.1. The molecule has 0 aliphatic rings. The number of fused-ring (bicyclic) bond motifs is 1. The molecule has 0 amide bonds. The average Bonchev–Trinajstić information content (AvgIpc) is 2.53. The van der Waals surface area contributed by atoms with Gasteiger partial charge in [-0.3, -0.25) is 0 Å². The molecule has 1 heterocycles. The van der Waals surface area contributed by atoms with Crippen LogP contribution in [0.25, 0.3) is 22.1 Å². The molecule has 0 atom stereocenters. The maximum atomic E-state index is 13.9. The number of hydrogen-bond acceptors (Lipinski definition) is 4. The fourth-order valence-electron chi connectivity index (χ4n) is 2.34. The first-order valence-corrected chi connectivity index (χ1v) is 6.58. The summed E-state index contributed by atoms with van der Waals surface area (Å²) in [5, 5.41) is 0.670. The van der Waals surface area contributed by atoms with Crippen LogP contribution >= 0.6 is 0 Å². The standard InChI is InChI=1S/C17H13FO4/c1-20-11-4-6-15-13(8-11)12(9-17(19)22-15)10-3-5-16(21-2)14(18)7-10/h3-9H,1-2H3. The molecule has 0 fully saturated rings. The fourth-order valence-corrected chi connectivity index (χ4v) is 2.34. The summed E-state index contributed by atoms with van der Waals surface area (Å²) in [6, 6.07) is 11.0. The van der Waals surface area contributed by atoms with Crippen LogP contribution in [0.4, 0.5) is 4.39 Å². The van der Waals surface area contributed by atoms with Crippen molar-refractivity contribution in [2.45, 2.75) is 0 Å². The van der Waals surface area contributed by atoms with E-state index in [0.29, 0.717) is 27.8 Å². The molecule has 0 N–H and O–H groups in total. The average molecular weight is 300 g/mol. The topological polar surface area (TPSA) is 48.7 Å². The van der Waals surface area contributed by atoms with Gasteiger partial charge in [0.2, 0.25) is 0 Å². The molecule has 0 unspecified atom stereocenters. The zero-order valence-electron chi connectivity index (χ0n) is 12.1. The van der Waals surface area contributed by atoms with Gasteiger partial charge in [-0.15, -0.1) is 0 Å². The van der Waals surface area contributed by atoms with E-state index in [1.54, 1.807) is 31.4 Å². The summed E-state index contributed by atoms with van der Waals surface area (Å²) < 4.78 is 29.2. The molecule has 0 radical (unpaired) electrons. The van der Waals surface area contributed by atoms with Gasteiger partial charge >= 0.3 is 5.63 Å². The molecule has 1 aromatic heterocycles. The van der Waals surface area contributed by atoms with E-state index in [1.807, 2.05) is 0 Å². The first kappa shape index (κ1) is 14.1. The summed E-state index contributed by atoms with van der Waals surface area (Å²) in [5.41, 5.74) is 1.06. The van der Waals surface area contributed by atoms with Gasteiger partial charge < -0.3 is 13.9 Å². The van der Waals surface area contributed by atoms with E-state index in [2.05, 4.69) is 0 Å². The molecular formula is C17H13FO4. The largest absolute Gasteiger partial charge is 0.497 e. The lowest BCUT2D eigenvalue weighted by Crippen LogP contribution is -1.99. The van der Waals surface area contributed by atoms with Gasteiger partial charge in [0.25, 0.3) is 0 Å². The van der Waals surface area contributed by atoms with Crippen molar-refractivity contribution in [1.82, 2.24) is 0 Å². The second-order valence-electron chi connectivity index (χ2n) is 4.69. The first-order chi connectivity index (χ1) is 10.6. The van der Waals surface area contributed by atoms with Crippen LogP contribution in [0.3, 0.4) is 0 Å². The maximum Gasteiger partial charge on any atom is 0.336 e. The van der Waals surface area contributed by atoms with Crippen molar-refractivity contribution in [3.63, 3.8) is 0 Å².